The standard InChI is InChI=1S/C40H66O9Si/c1-13-14-15-27(22-34(49-50(10,11)12)38(3,4)46-25-43-7)26(2)31-18-19-32-30-17-16-28-23-29(47-36(41)44-8)24-35(48-37(42)45-9)40(28,6)33(30)20-21-39(31,32)5/h16-17,22,26-27,29,31-33,35H,13-15,18-21,23-25H2,1-12H3/b34-22-/t26-,27+,29+,31+,32-,33?,35-,39+,40-/m0/s1. The van der Waals surface area contributed by atoms with Crippen molar-refractivity contribution in [3.63, 3.8) is 0 Å². The van der Waals surface area contributed by atoms with E-state index in [2.05, 4.69) is 79.4 Å². The Balaban J connectivity index is 1.67. The largest absolute Gasteiger partial charge is 0.545 e. The van der Waals surface area contributed by atoms with E-state index < -0.39 is 43.9 Å². The third-order valence-corrected chi connectivity index (χ3v) is 13.5. The van der Waals surface area contributed by atoms with Crippen LogP contribution in [0.1, 0.15) is 99.3 Å². The SMILES string of the molecule is CCCC[C@H](/C=C(\O[Si](C)(C)C)C(C)(C)OCOC)[C@H](C)[C@H]1CC[C@H]2C3=CC=C4C[C@@H](OC(=O)OC)C[C@H](OC(=O)OC)[C@]4(C)C3CC[C@]12C. The van der Waals surface area contributed by atoms with Crippen LogP contribution in [-0.4, -0.2) is 66.6 Å². The number of carbonyl (C=O) groups excluding carboxylic acids is 2. The quantitative estimate of drug-likeness (QED) is 0.0752. The summed E-state index contributed by atoms with van der Waals surface area (Å²) in [6.07, 6.45) is 13.5. The lowest BCUT2D eigenvalue weighted by atomic mass is 9.49. The maximum absolute atomic E-state index is 12.6. The molecule has 0 spiro atoms. The Morgan fingerprint density at radius 3 is 2.30 bits per heavy atom. The lowest BCUT2D eigenvalue weighted by Crippen LogP contribution is -2.54. The number of allylic oxidation sites excluding steroid dienone is 4. The Kier molecular flexibility index (Phi) is 13.1. The molecule has 10 heteroatoms. The van der Waals surface area contributed by atoms with Crippen LogP contribution in [0.3, 0.4) is 0 Å². The Hall–Kier alpha value is -2.30. The van der Waals surface area contributed by atoms with E-state index in [1.807, 2.05) is 0 Å². The van der Waals surface area contributed by atoms with Gasteiger partial charge in [-0.3, -0.25) is 0 Å². The van der Waals surface area contributed by atoms with Crippen molar-refractivity contribution in [3.8, 4) is 0 Å². The van der Waals surface area contributed by atoms with Gasteiger partial charge in [0.1, 0.15) is 30.4 Å². The minimum atomic E-state index is -1.92. The summed E-state index contributed by atoms with van der Waals surface area (Å²) in [6.45, 7) is 20.6. The number of carbonyl (C=O) groups is 2. The molecule has 0 amide bonds. The van der Waals surface area contributed by atoms with Gasteiger partial charge in [-0.05, 0) is 107 Å². The van der Waals surface area contributed by atoms with E-state index in [4.69, 9.17) is 32.8 Å². The molecule has 0 heterocycles. The van der Waals surface area contributed by atoms with Crippen molar-refractivity contribution < 1.29 is 42.4 Å². The highest BCUT2D eigenvalue weighted by atomic mass is 28.4. The van der Waals surface area contributed by atoms with Crippen molar-refractivity contribution in [3.05, 3.63) is 35.1 Å². The minimum absolute atomic E-state index is 0.146. The van der Waals surface area contributed by atoms with Crippen molar-refractivity contribution in [1.29, 1.82) is 0 Å². The maximum Gasteiger partial charge on any atom is 0.508 e. The molecule has 0 radical (unpaired) electrons. The second kappa shape index (κ2) is 16.2. The molecule has 9 atom stereocenters. The summed E-state index contributed by atoms with van der Waals surface area (Å²) < 4.78 is 39.7. The van der Waals surface area contributed by atoms with Crippen molar-refractivity contribution >= 4 is 20.6 Å². The van der Waals surface area contributed by atoms with Gasteiger partial charge < -0.3 is 32.8 Å². The normalized spacial score (nSPS) is 32.3. The van der Waals surface area contributed by atoms with Gasteiger partial charge in [0, 0.05) is 25.4 Å². The molecule has 4 rings (SSSR count). The van der Waals surface area contributed by atoms with E-state index in [0.717, 1.165) is 43.4 Å². The van der Waals surface area contributed by atoms with Gasteiger partial charge in [-0.15, -0.1) is 0 Å². The Morgan fingerprint density at radius 1 is 1.00 bits per heavy atom. The first kappa shape index (κ1) is 40.5. The molecule has 9 nitrogen and oxygen atoms in total. The molecular formula is C40H66O9Si. The van der Waals surface area contributed by atoms with Crippen LogP contribution in [0.4, 0.5) is 9.59 Å². The summed E-state index contributed by atoms with van der Waals surface area (Å²) in [5.41, 5.74) is 1.78. The maximum atomic E-state index is 12.6. The molecule has 4 aliphatic carbocycles. The zero-order valence-corrected chi connectivity index (χ0v) is 34.0. The van der Waals surface area contributed by atoms with E-state index in [-0.39, 0.29) is 18.1 Å². The van der Waals surface area contributed by atoms with Crippen LogP contribution in [0.2, 0.25) is 19.6 Å². The lowest BCUT2D eigenvalue weighted by Gasteiger charge is -2.57. The first-order valence-corrected chi connectivity index (χ1v) is 22.3. The van der Waals surface area contributed by atoms with Crippen molar-refractivity contribution in [2.45, 2.75) is 137 Å². The highest BCUT2D eigenvalue weighted by molar-refractivity contribution is 6.70. The zero-order chi connectivity index (χ0) is 37.1. The molecular weight excluding hydrogens is 653 g/mol. The first-order chi connectivity index (χ1) is 23.4. The molecule has 3 saturated carbocycles. The van der Waals surface area contributed by atoms with Gasteiger partial charge in [0.25, 0.3) is 0 Å². The summed E-state index contributed by atoms with van der Waals surface area (Å²) in [7, 11) is 2.38. The molecule has 0 aromatic rings. The van der Waals surface area contributed by atoms with E-state index >= 15 is 0 Å². The van der Waals surface area contributed by atoms with Crippen LogP contribution in [0.25, 0.3) is 0 Å². The number of hydrogen-bond donors (Lipinski definition) is 0. The average molecular weight is 719 g/mol. The van der Waals surface area contributed by atoms with Crippen LogP contribution in [0, 0.1) is 40.4 Å². The number of methoxy groups -OCH3 is 3. The van der Waals surface area contributed by atoms with Crippen LogP contribution >= 0.6 is 0 Å². The predicted octanol–water partition coefficient (Wildman–Crippen LogP) is 9.98. The second-order valence-electron chi connectivity index (χ2n) is 17.1. The topological polar surface area (TPSA) is 98.8 Å². The number of ether oxygens (including phenoxy) is 6. The zero-order valence-electron chi connectivity index (χ0n) is 33.0. The lowest BCUT2D eigenvalue weighted by molar-refractivity contribution is -0.109. The molecule has 0 bridgehead atoms. The molecule has 1 unspecified atom stereocenters. The second-order valence-corrected chi connectivity index (χ2v) is 21.6. The minimum Gasteiger partial charge on any atom is -0.545 e. The number of rotatable bonds is 14. The Labute approximate surface area is 303 Å². The summed E-state index contributed by atoms with van der Waals surface area (Å²) in [5, 5.41) is 0. The fraction of sp³-hybridized carbons (Fsp3) is 0.800. The summed E-state index contributed by atoms with van der Waals surface area (Å²) in [5.74, 6) is 2.98. The van der Waals surface area contributed by atoms with Gasteiger partial charge in [-0.1, -0.05) is 63.8 Å². The van der Waals surface area contributed by atoms with Gasteiger partial charge in [0.2, 0.25) is 8.32 Å². The first-order valence-electron chi connectivity index (χ1n) is 18.9. The molecule has 0 aromatic heterocycles. The van der Waals surface area contributed by atoms with Gasteiger partial charge in [-0.2, -0.15) is 0 Å². The Bertz CT molecular complexity index is 1300. The molecule has 3 fully saturated rings. The van der Waals surface area contributed by atoms with Gasteiger partial charge in [0.15, 0.2) is 0 Å². The third-order valence-electron chi connectivity index (χ3n) is 12.6. The van der Waals surface area contributed by atoms with E-state index in [0.29, 0.717) is 36.5 Å². The number of unbranched alkanes of at least 4 members (excludes halogenated alkanes) is 1. The molecule has 0 aliphatic heterocycles. The van der Waals surface area contributed by atoms with Crippen LogP contribution in [0.15, 0.2) is 35.1 Å². The highest BCUT2D eigenvalue weighted by Crippen LogP contribution is 2.67. The van der Waals surface area contributed by atoms with Gasteiger partial charge in [-0.25, -0.2) is 9.59 Å². The predicted molar refractivity (Wildman–Crippen MR) is 197 cm³/mol. The fourth-order valence-corrected chi connectivity index (χ4v) is 10.9. The fourth-order valence-electron chi connectivity index (χ4n) is 9.91. The highest BCUT2D eigenvalue weighted by Gasteiger charge is 2.60. The van der Waals surface area contributed by atoms with Gasteiger partial charge in [0.05, 0.1) is 14.2 Å². The summed E-state index contributed by atoms with van der Waals surface area (Å²) in [6, 6.07) is 0. The van der Waals surface area contributed by atoms with E-state index in [1.165, 1.54) is 32.6 Å². The van der Waals surface area contributed by atoms with Crippen molar-refractivity contribution in [2.75, 3.05) is 28.1 Å². The van der Waals surface area contributed by atoms with E-state index in [9.17, 15) is 9.59 Å². The Morgan fingerprint density at radius 2 is 1.68 bits per heavy atom. The molecule has 0 aromatic carbocycles. The third kappa shape index (κ3) is 8.49. The van der Waals surface area contributed by atoms with Crippen LogP contribution in [0.5, 0.6) is 0 Å². The van der Waals surface area contributed by atoms with Crippen molar-refractivity contribution in [1.82, 2.24) is 0 Å². The summed E-state index contributed by atoms with van der Waals surface area (Å²) >= 11 is 0. The molecule has 0 saturated heterocycles. The monoisotopic (exact) mass is 718 g/mol. The summed E-state index contributed by atoms with van der Waals surface area (Å²) in [4.78, 5) is 24.6. The molecule has 4 aliphatic rings. The number of hydrogen-bond acceptors (Lipinski definition) is 9. The van der Waals surface area contributed by atoms with Crippen LogP contribution < -0.4 is 0 Å². The van der Waals surface area contributed by atoms with Gasteiger partial charge >= 0.3 is 12.3 Å². The molecule has 50 heavy (non-hydrogen) atoms. The molecule has 284 valence electrons. The molecule has 0 N–H and O–H groups in total. The van der Waals surface area contributed by atoms with Crippen LogP contribution in [-0.2, 0) is 32.8 Å². The average Bonchev–Trinajstić information content (AvgIpc) is 3.41. The van der Waals surface area contributed by atoms with E-state index in [1.54, 1.807) is 7.11 Å². The smallest absolute Gasteiger partial charge is 0.508 e. The van der Waals surface area contributed by atoms with Crippen molar-refractivity contribution in [2.24, 2.45) is 40.4 Å². The number of fused-ring (bicyclic) bond motifs is 5.